The van der Waals surface area contributed by atoms with Gasteiger partial charge in [0.2, 0.25) is 0 Å². The van der Waals surface area contributed by atoms with Gasteiger partial charge in [-0.1, -0.05) is 19.8 Å². The molecule has 0 aliphatic heterocycles. The molecule has 0 aromatic carbocycles. The SMILES string of the molecule is CNC(C)(CC(C)N(C)C1CCCCC1C)C(=O)O. The van der Waals surface area contributed by atoms with Gasteiger partial charge in [0.25, 0.3) is 0 Å². The molecule has 1 fully saturated rings. The van der Waals surface area contributed by atoms with Crippen molar-refractivity contribution < 1.29 is 9.90 Å². The fourth-order valence-corrected chi connectivity index (χ4v) is 3.26. The Kier molecular flexibility index (Phi) is 5.81. The number of nitrogens with one attached hydrogen (secondary N) is 1. The molecular weight excluding hydrogens is 240 g/mol. The third-order valence-electron chi connectivity index (χ3n) is 5.01. The summed E-state index contributed by atoms with van der Waals surface area (Å²) in [5.74, 6) is -0.0567. The molecule has 112 valence electrons. The molecule has 0 aromatic rings. The van der Waals surface area contributed by atoms with Crippen LogP contribution in [-0.4, -0.2) is 47.7 Å². The van der Waals surface area contributed by atoms with Gasteiger partial charge in [-0.25, -0.2) is 0 Å². The summed E-state index contributed by atoms with van der Waals surface area (Å²) in [5.41, 5.74) is -0.842. The number of carbonyl (C=O) groups is 1. The molecule has 4 atom stereocenters. The van der Waals surface area contributed by atoms with Gasteiger partial charge in [-0.05, 0) is 53.1 Å². The van der Waals surface area contributed by atoms with E-state index in [-0.39, 0.29) is 6.04 Å². The molecule has 1 aliphatic carbocycles. The second-order valence-electron chi connectivity index (χ2n) is 6.43. The van der Waals surface area contributed by atoms with Crippen LogP contribution in [0.15, 0.2) is 0 Å². The molecule has 0 heterocycles. The standard InChI is InChI=1S/C15H30N2O2/c1-11-8-6-7-9-13(11)17(5)12(2)10-15(3,16-4)14(18)19/h11-13,16H,6-10H2,1-5H3,(H,18,19). The normalized spacial score (nSPS) is 28.9. The van der Waals surface area contributed by atoms with Crippen molar-refractivity contribution in [2.24, 2.45) is 5.92 Å². The van der Waals surface area contributed by atoms with Crippen LogP contribution in [0.25, 0.3) is 0 Å². The summed E-state index contributed by atoms with van der Waals surface area (Å²) in [4.78, 5) is 13.8. The Morgan fingerprint density at radius 2 is 2.05 bits per heavy atom. The van der Waals surface area contributed by atoms with Crippen LogP contribution in [0.3, 0.4) is 0 Å². The maximum Gasteiger partial charge on any atom is 0.323 e. The van der Waals surface area contributed by atoms with Gasteiger partial charge in [0, 0.05) is 12.1 Å². The van der Waals surface area contributed by atoms with Crippen molar-refractivity contribution in [1.29, 1.82) is 0 Å². The van der Waals surface area contributed by atoms with E-state index in [4.69, 9.17) is 0 Å². The monoisotopic (exact) mass is 270 g/mol. The molecule has 2 N–H and O–H groups in total. The molecule has 4 unspecified atom stereocenters. The fraction of sp³-hybridized carbons (Fsp3) is 0.933. The maximum atomic E-state index is 11.4. The van der Waals surface area contributed by atoms with Crippen molar-refractivity contribution in [2.45, 2.75) is 70.5 Å². The number of nitrogens with zero attached hydrogens (tertiary/aromatic N) is 1. The van der Waals surface area contributed by atoms with Crippen molar-refractivity contribution in [3.63, 3.8) is 0 Å². The highest BCUT2D eigenvalue weighted by molar-refractivity contribution is 5.78. The summed E-state index contributed by atoms with van der Waals surface area (Å²) in [6, 6.07) is 0.859. The van der Waals surface area contributed by atoms with Crippen molar-refractivity contribution in [3.8, 4) is 0 Å². The molecule has 19 heavy (non-hydrogen) atoms. The van der Waals surface area contributed by atoms with E-state index in [0.29, 0.717) is 18.4 Å². The predicted octanol–water partition coefficient (Wildman–Crippen LogP) is 2.34. The van der Waals surface area contributed by atoms with Crippen LogP contribution < -0.4 is 5.32 Å². The van der Waals surface area contributed by atoms with E-state index < -0.39 is 11.5 Å². The highest BCUT2D eigenvalue weighted by Crippen LogP contribution is 2.29. The highest BCUT2D eigenvalue weighted by Gasteiger charge is 2.36. The molecule has 1 saturated carbocycles. The number of rotatable bonds is 6. The van der Waals surface area contributed by atoms with Gasteiger partial charge in [-0.3, -0.25) is 4.79 Å². The third-order valence-corrected chi connectivity index (χ3v) is 5.01. The number of likely N-dealkylation sites (N-methyl/N-ethyl adjacent to an activating group) is 1. The van der Waals surface area contributed by atoms with E-state index >= 15 is 0 Å². The van der Waals surface area contributed by atoms with Crippen LogP contribution >= 0.6 is 0 Å². The highest BCUT2D eigenvalue weighted by atomic mass is 16.4. The Balaban J connectivity index is 2.65. The Bertz CT molecular complexity index is 309. The third kappa shape index (κ3) is 3.93. The number of carboxylic acids is 1. The average Bonchev–Trinajstić information content (AvgIpc) is 2.38. The summed E-state index contributed by atoms with van der Waals surface area (Å²) in [6.07, 6.45) is 5.80. The van der Waals surface area contributed by atoms with Gasteiger partial charge in [-0.2, -0.15) is 0 Å². The van der Waals surface area contributed by atoms with Gasteiger partial charge >= 0.3 is 5.97 Å². The lowest BCUT2D eigenvalue weighted by molar-refractivity contribution is -0.144. The average molecular weight is 270 g/mol. The molecule has 0 radical (unpaired) electrons. The first-order valence-electron chi connectivity index (χ1n) is 7.46. The van der Waals surface area contributed by atoms with Crippen molar-refractivity contribution in [3.05, 3.63) is 0 Å². The van der Waals surface area contributed by atoms with E-state index in [0.717, 1.165) is 0 Å². The number of aliphatic carboxylic acids is 1. The van der Waals surface area contributed by atoms with Crippen molar-refractivity contribution in [2.75, 3.05) is 14.1 Å². The Morgan fingerprint density at radius 3 is 2.53 bits per heavy atom. The molecule has 1 aliphatic rings. The molecular formula is C15H30N2O2. The smallest absolute Gasteiger partial charge is 0.323 e. The first-order chi connectivity index (χ1) is 8.81. The minimum atomic E-state index is -0.842. The first kappa shape index (κ1) is 16.4. The van der Waals surface area contributed by atoms with Crippen LogP contribution in [0.1, 0.15) is 52.9 Å². The lowest BCUT2D eigenvalue weighted by Crippen LogP contribution is -2.53. The van der Waals surface area contributed by atoms with E-state index in [9.17, 15) is 9.90 Å². The molecule has 0 aromatic heterocycles. The van der Waals surface area contributed by atoms with Crippen LogP contribution in [0.2, 0.25) is 0 Å². The van der Waals surface area contributed by atoms with E-state index in [1.54, 1.807) is 14.0 Å². The molecule has 0 saturated heterocycles. The minimum Gasteiger partial charge on any atom is -0.480 e. The van der Waals surface area contributed by atoms with E-state index in [1.165, 1.54) is 25.7 Å². The lowest BCUT2D eigenvalue weighted by atomic mass is 9.83. The zero-order valence-electron chi connectivity index (χ0n) is 13.1. The quantitative estimate of drug-likeness (QED) is 0.778. The molecule has 4 nitrogen and oxygen atoms in total. The van der Waals surface area contributed by atoms with Gasteiger partial charge in [0.05, 0.1) is 0 Å². The fourth-order valence-electron chi connectivity index (χ4n) is 3.26. The van der Waals surface area contributed by atoms with Crippen LogP contribution in [0, 0.1) is 5.92 Å². The summed E-state index contributed by atoms with van der Waals surface area (Å²) >= 11 is 0. The Morgan fingerprint density at radius 1 is 1.47 bits per heavy atom. The van der Waals surface area contributed by atoms with Gasteiger partial charge < -0.3 is 15.3 Å². The maximum absolute atomic E-state index is 11.4. The first-order valence-corrected chi connectivity index (χ1v) is 7.46. The van der Waals surface area contributed by atoms with Crippen LogP contribution in [-0.2, 0) is 4.79 Å². The Labute approximate surface area is 117 Å². The molecule has 0 amide bonds. The molecule has 1 rings (SSSR count). The molecule has 0 spiro atoms. The Hall–Kier alpha value is -0.610. The predicted molar refractivity (Wildman–Crippen MR) is 78.4 cm³/mol. The summed E-state index contributed by atoms with van der Waals surface area (Å²) in [7, 11) is 3.87. The van der Waals surface area contributed by atoms with Gasteiger partial charge in [0.1, 0.15) is 5.54 Å². The van der Waals surface area contributed by atoms with Crippen molar-refractivity contribution >= 4 is 5.97 Å². The largest absolute Gasteiger partial charge is 0.480 e. The van der Waals surface area contributed by atoms with Crippen LogP contribution in [0.4, 0.5) is 0 Å². The van der Waals surface area contributed by atoms with E-state index in [1.807, 2.05) is 0 Å². The topological polar surface area (TPSA) is 52.6 Å². The van der Waals surface area contributed by atoms with Gasteiger partial charge in [0.15, 0.2) is 0 Å². The zero-order chi connectivity index (χ0) is 14.6. The zero-order valence-corrected chi connectivity index (χ0v) is 13.1. The minimum absolute atomic E-state index is 0.263. The number of hydrogen-bond acceptors (Lipinski definition) is 3. The lowest BCUT2D eigenvalue weighted by Gasteiger charge is -2.41. The second-order valence-corrected chi connectivity index (χ2v) is 6.43. The molecule has 0 bridgehead atoms. The van der Waals surface area contributed by atoms with Crippen molar-refractivity contribution in [1.82, 2.24) is 10.2 Å². The summed E-state index contributed by atoms with van der Waals surface area (Å²) in [5, 5.41) is 12.3. The molecule has 4 heteroatoms. The number of hydrogen-bond donors (Lipinski definition) is 2. The summed E-state index contributed by atoms with van der Waals surface area (Å²) < 4.78 is 0. The van der Waals surface area contributed by atoms with Gasteiger partial charge in [-0.15, -0.1) is 0 Å². The second kappa shape index (κ2) is 6.71. The van der Waals surface area contributed by atoms with E-state index in [2.05, 4.69) is 31.1 Å². The summed E-state index contributed by atoms with van der Waals surface area (Å²) in [6.45, 7) is 6.23. The number of carboxylic acid groups (broad SMARTS) is 1. The van der Waals surface area contributed by atoms with Crippen LogP contribution in [0.5, 0.6) is 0 Å².